The Morgan fingerprint density at radius 3 is 2.54 bits per heavy atom. The summed E-state index contributed by atoms with van der Waals surface area (Å²) in [5.74, 6) is -0.214. The van der Waals surface area contributed by atoms with Crippen molar-refractivity contribution in [3.8, 4) is 0 Å². The average molecular weight is 388 g/mol. The van der Waals surface area contributed by atoms with Crippen LogP contribution in [0.1, 0.15) is 27.2 Å². The molecule has 0 aliphatic carbocycles. The average Bonchev–Trinajstić information content (AvgIpc) is 2.89. The first-order valence-corrected chi connectivity index (χ1v) is 9.09. The molecule has 2 aromatic carbocycles. The van der Waals surface area contributed by atoms with Crippen LogP contribution in [-0.2, 0) is 13.0 Å². The van der Waals surface area contributed by atoms with E-state index in [-0.39, 0.29) is 5.91 Å². The first-order chi connectivity index (χ1) is 12.5. The fraction of sp³-hybridized carbons (Fsp3) is 0.200. The van der Waals surface area contributed by atoms with Gasteiger partial charge in [-0.05, 0) is 36.6 Å². The summed E-state index contributed by atoms with van der Waals surface area (Å²) >= 11 is 12.4. The van der Waals surface area contributed by atoms with Crippen LogP contribution < -0.4 is 5.32 Å². The molecule has 26 heavy (non-hydrogen) atoms. The molecule has 0 fully saturated rings. The van der Waals surface area contributed by atoms with E-state index in [2.05, 4.69) is 10.4 Å². The van der Waals surface area contributed by atoms with Gasteiger partial charge < -0.3 is 5.32 Å². The van der Waals surface area contributed by atoms with Gasteiger partial charge in [-0.3, -0.25) is 4.79 Å². The molecule has 0 radical (unpaired) electrons. The number of aryl methyl sites for hydroxylation is 1. The highest BCUT2D eigenvalue weighted by molar-refractivity contribution is 6.33. The molecule has 6 heteroatoms. The number of hydrogen-bond donors (Lipinski definition) is 1. The number of benzene rings is 2. The molecule has 1 amide bonds. The van der Waals surface area contributed by atoms with Crippen molar-refractivity contribution in [3.63, 3.8) is 0 Å². The van der Waals surface area contributed by atoms with Gasteiger partial charge in [0.1, 0.15) is 5.15 Å². The Morgan fingerprint density at radius 2 is 1.81 bits per heavy atom. The first-order valence-electron chi connectivity index (χ1n) is 8.34. The number of nitrogens with one attached hydrogen (secondary N) is 1. The van der Waals surface area contributed by atoms with Crippen molar-refractivity contribution >= 4 is 29.1 Å². The maximum atomic E-state index is 12.5. The van der Waals surface area contributed by atoms with Crippen LogP contribution in [0.2, 0.25) is 10.2 Å². The van der Waals surface area contributed by atoms with E-state index in [9.17, 15) is 4.79 Å². The van der Waals surface area contributed by atoms with Gasteiger partial charge in [-0.1, -0.05) is 65.7 Å². The minimum Gasteiger partial charge on any atom is -0.352 e. The molecule has 3 rings (SSSR count). The van der Waals surface area contributed by atoms with Crippen LogP contribution in [0.15, 0.2) is 54.6 Å². The molecule has 0 unspecified atom stereocenters. The second-order valence-corrected chi connectivity index (χ2v) is 6.82. The summed E-state index contributed by atoms with van der Waals surface area (Å²) in [4.78, 5) is 12.5. The molecule has 0 spiro atoms. The zero-order valence-corrected chi connectivity index (χ0v) is 15.9. The van der Waals surface area contributed by atoms with Crippen molar-refractivity contribution < 1.29 is 4.79 Å². The fourth-order valence-corrected chi connectivity index (χ4v) is 3.31. The minimum atomic E-state index is -0.214. The molecule has 1 aromatic heterocycles. The molecule has 0 saturated heterocycles. The van der Waals surface area contributed by atoms with Crippen molar-refractivity contribution in [2.24, 2.45) is 0 Å². The predicted octanol–water partition coefficient (Wildman–Crippen LogP) is 4.52. The minimum absolute atomic E-state index is 0.214. The number of hydrogen-bond acceptors (Lipinski definition) is 2. The van der Waals surface area contributed by atoms with E-state index in [0.29, 0.717) is 40.9 Å². The van der Waals surface area contributed by atoms with Gasteiger partial charge in [0, 0.05) is 11.6 Å². The highest BCUT2D eigenvalue weighted by atomic mass is 35.5. The van der Waals surface area contributed by atoms with E-state index in [0.717, 1.165) is 11.1 Å². The fourth-order valence-electron chi connectivity index (χ4n) is 2.77. The summed E-state index contributed by atoms with van der Waals surface area (Å²) in [6.07, 6.45) is 0.696. The van der Waals surface area contributed by atoms with Crippen LogP contribution in [0.5, 0.6) is 0 Å². The summed E-state index contributed by atoms with van der Waals surface area (Å²) in [5, 5.41) is 8.36. The number of halogens is 2. The van der Waals surface area contributed by atoms with Crippen LogP contribution in [0.25, 0.3) is 0 Å². The lowest BCUT2D eigenvalue weighted by atomic mass is 10.1. The Morgan fingerprint density at radius 1 is 1.08 bits per heavy atom. The molecule has 1 N–H and O–H groups in total. The van der Waals surface area contributed by atoms with E-state index in [4.69, 9.17) is 23.2 Å². The lowest BCUT2D eigenvalue weighted by molar-refractivity contribution is 0.0953. The normalized spacial score (nSPS) is 10.7. The van der Waals surface area contributed by atoms with E-state index < -0.39 is 0 Å². The molecular weight excluding hydrogens is 369 g/mol. The van der Waals surface area contributed by atoms with Crippen molar-refractivity contribution in [1.82, 2.24) is 15.1 Å². The molecule has 134 valence electrons. The van der Waals surface area contributed by atoms with Gasteiger partial charge in [-0.25, -0.2) is 4.68 Å². The summed E-state index contributed by atoms with van der Waals surface area (Å²) < 4.78 is 1.65. The predicted molar refractivity (Wildman–Crippen MR) is 105 cm³/mol. The van der Waals surface area contributed by atoms with Crippen LogP contribution in [0, 0.1) is 6.92 Å². The Balaban J connectivity index is 1.65. The number of rotatable bonds is 6. The Hall–Kier alpha value is -2.30. The zero-order valence-electron chi connectivity index (χ0n) is 14.4. The Kier molecular flexibility index (Phi) is 5.96. The van der Waals surface area contributed by atoms with Gasteiger partial charge in [-0.2, -0.15) is 5.10 Å². The second-order valence-electron chi connectivity index (χ2n) is 6.03. The highest BCUT2D eigenvalue weighted by Gasteiger charge is 2.20. The maximum Gasteiger partial charge on any atom is 0.256 e. The zero-order chi connectivity index (χ0) is 18.5. The van der Waals surface area contributed by atoms with Gasteiger partial charge in [-0.15, -0.1) is 0 Å². The third-order valence-corrected chi connectivity index (χ3v) is 4.68. The molecule has 0 atom stereocenters. The third kappa shape index (κ3) is 4.45. The quantitative estimate of drug-likeness (QED) is 0.675. The summed E-state index contributed by atoms with van der Waals surface area (Å²) in [7, 11) is 0. The maximum absolute atomic E-state index is 12.5. The topological polar surface area (TPSA) is 46.9 Å². The van der Waals surface area contributed by atoms with Gasteiger partial charge >= 0.3 is 0 Å². The molecule has 0 aliphatic rings. The Bertz CT molecular complexity index is 907. The molecule has 0 bridgehead atoms. The van der Waals surface area contributed by atoms with Gasteiger partial charge in [0.2, 0.25) is 0 Å². The van der Waals surface area contributed by atoms with Crippen molar-refractivity contribution in [2.75, 3.05) is 6.54 Å². The number of nitrogens with zero attached hydrogens (tertiary/aromatic N) is 2. The highest BCUT2D eigenvalue weighted by Crippen LogP contribution is 2.21. The summed E-state index contributed by atoms with van der Waals surface area (Å²) in [6, 6.07) is 17.5. The second kappa shape index (κ2) is 8.39. The van der Waals surface area contributed by atoms with Gasteiger partial charge in [0.25, 0.3) is 5.91 Å². The van der Waals surface area contributed by atoms with E-state index in [1.807, 2.05) is 54.6 Å². The van der Waals surface area contributed by atoms with Gasteiger partial charge in [0.15, 0.2) is 0 Å². The largest absolute Gasteiger partial charge is 0.352 e. The molecule has 1 heterocycles. The number of carbonyl (C=O) groups excluding carboxylic acids is 1. The van der Waals surface area contributed by atoms with Crippen molar-refractivity contribution in [3.05, 3.63) is 87.2 Å². The SMILES string of the molecule is Cc1nn(Cc2ccccc2)c(Cl)c1C(=O)NCCc1cccc(Cl)c1. The number of carbonyl (C=O) groups is 1. The summed E-state index contributed by atoms with van der Waals surface area (Å²) in [6.45, 7) is 2.81. The Labute approximate surface area is 162 Å². The standard InChI is InChI=1S/C20H19Cl2N3O/c1-14-18(19(22)25(24-14)13-16-6-3-2-4-7-16)20(26)23-11-10-15-8-5-9-17(21)12-15/h2-9,12H,10-11,13H2,1H3,(H,23,26). The van der Waals surface area contributed by atoms with Crippen LogP contribution >= 0.6 is 23.2 Å². The lowest BCUT2D eigenvalue weighted by Gasteiger charge is -2.06. The van der Waals surface area contributed by atoms with E-state index >= 15 is 0 Å². The van der Waals surface area contributed by atoms with Crippen LogP contribution in [0.3, 0.4) is 0 Å². The van der Waals surface area contributed by atoms with Crippen molar-refractivity contribution in [2.45, 2.75) is 19.9 Å². The third-order valence-electron chi connectivity index (χ3n) is 4.06. The van der Waals surface area contributed by atoms with Crippen LogP contribution in [0.4, 0.5) is 0 Å². The molecule has 4 nitrogen and oxygen atoms in total. The van der Waals surface area contributed by atoms with Crippen molar-refractivity contribution in [1.29, 1.82) is 0 Å². The lowest BCUT2D eigenvalue weighted by Crippen LogP contribution is -2.26. The smallest absolute Gasteiger partial charge is 0.256 e. The van der Waals surface area contributed by atoms with E-state index in [1.54, 1.807) is 11.6 Å². The number of amides is 1. The van der Waals surface area contributed by atoms with Gasteiger partial charge in [0.05, 0.1) is 17.8 Å². The first kappa shape index (κ1) is 18.5. The molecule has 0 aliphatic heterocycles. The molecular formula is C20H19Cl2N3O. The monoisotopic (exact) mass is 387 g/mol. The molecule has 3 aromatic rings. The molecule has 0 saturated carbocycles. The van der Waals surface area contributed by atoms with Crippen LogP contribution in [-0.4, -0.2) is 22.2 Å². The number of aromatic nitrogens is 2. The summed E-state index contributed by atoms with van der Waals surface area (Å²) in [5.41, 5.74) is 3.19. The van der Waals surface area contributed by atoms with E-state index in [1.165, 1.54) is 0 Å².